The van der Waals surface area contributed by atoms with Gasteiger partial charge in [0, 0.05) is 21.2 Å². The monoisotopic (exact) mass is 382 g/mol. The van der Waals surface area contributed by atoms with Gasteiger partial charge in [-0.25, -0.2) is 0 Å². The Balaban J connectivity index is 1.83. The third kappa shape index (κ3) is 4.81. The van der Waals surface area contributed by atoms with Gasteiger partial charge < -0.3 is 10.6 Å². The van der Waals surface area contributed by atoms with Crippen molar-refractivity contribution < 1.29 is 9.59 Å². The molecular weight excluding hydrogens is 368 g/mol. The Kier molecular flexibility index (Phi) is 5.84. The first-order valence-corrected chi connectivity index (χ1v) is 9.06. The van der Waals surface area contributed by atoms with Crippen molar-refractivity contribution in [1.29, 1.82) is 0 Å². The molecule has 130 valence electrons. The Morgan fingerprint density at radius 1 is 0.962 bits per heavy atom. The molecule has 1 heterocycles. The van der Waals surface area contributed by atoms with Crippen LogP contribution < -0.4 is 10.6 Å². The maximum Gasteiger partial charge on any atom is 0.272 e. The second kappa shape index (κ2) is 8.47. The summed E-state index contributed by atoms with van der Waals surface area (Å²) in [5, 5.41) is 7.85. The van der Waals surface area contributed by atoms with Crippen molar-refractivity contribution in [2.75, 3.05) is 5.32 Å². The van der Waals surface area contributed by atoms with E-state index in [9.17, 15) is 9.59 Å². The minimum absolute atomic E-state index is 0.154. The predicted molar refractivity (Wildman–Crippen MR) is 106 cm³/mol. The van der Waals surface area contributed by atoms with Crippen LogP contribution >= 0.6 is 22.9 Å². The van der Waals surface area contributed by atoms with Crippen molar-refractivity contribution in [1.82, 2.24) is 5.32 Å². The maximum atomic E-state index is 12.7. The molecule has 2 aromatic carbocycles. The maximum absolute atomic E-state index is 12.7. The van der Waals surface area contributed by atoms with Crippen LogP contribution in [0.3, 0.4) is 0 Å². The van der Waals surface area contributed by atoms with Crippen LogP contribution in [0.2, 0.25) is 5.02 Å². The van der Waals surface area contributed by atoms with Gasteiger partial charge in [0.1, 0.15) is 5.70 Å². The number of hydrogen-bond donors (Lipinski definition) is 2. The number of rotatable bonds is 5. The summed E-state index contributed by atoms with van der Waals surface area (Å²) in [5.74, 6) is -0.778. The summed E-state index contributed by atoms with van der Waals surface area (Å²) in [7, 11) is 0. The number of carbonyl (C=O) groups excluding carboxylic acids is 2. The third-order valence-corrected chi connectivity index (χ3v) is 4.50. The first-order chi connectivity index (χ1) is 12.6. The van der Waals surface area contributed by atoms with E-state index in [0.29, 0.717) is 16.3 Å². The zero-order chi connectivity index (χ0) is 18.4. The van der Waals surface area contributed by atoms with Crippen molar-refractivity contribution in [2.24, 2.45) is 0 Å². The minimum atomic E-state index is -0.426. The SMILES string of the molecule is O=C(Nc1cccc(Cl)c1)/C(=C\c1cccs1)NC(=O)c1ccccc1. The zero-order valence-corrected chi connectivity index (χ0v) is 15.2. The largest absolute Gasteiger partial charge is 0.321 e. The number of amides is 2. The van der Waals surface area contributed by atoms with Gasteiger partial charge in [0.05, 0.1) is 0 Å². The molecule has 3 rings (SSSR count). The molecular formula is C20H15ClN2O2S. The van der Waals surface area contributed by atoms with E-state index in [1.807, 2.05) is 23.6 Å². The number of benzene rings is 2. The Bertz CT molecular complexity index is 937. The minimum Gasteiger partial charge on any atom is -0.321 e. The van der Waals surface area contributed by atoms with E-state index in [4.69, 9.17) is 11.6 Å². The van der Waals surface area contributed by atoms with E-state index in [0.717, 1.165) is 4.88 Å². The molecule has 0 fully saturated rings. The molecule has 0 atom stereocenters. The van der Waals surface area contributed by atoms with E-state index in [1.54, 1.807) is 54.6 Å². The second-order valence-corrected chi connectivity index (χ2v) is 6.77. The quantitative estimate of drug-likeness (QED) is 0.622. The fourth-order valence-corrected chi connectivity index (χ4v) is 3.07. The van der Waals surface area contributed by atoms with Gasteiger partial charge in [-0.2, -0.15) is 0 Å². The topological polar surface area (TPSA) is 58.2 Å². The van der Waals surface area contributed by atoms with E-state index >= 15 is 0 Å². The summed E-state index contributed by atoms with van der Waals surface area (Å²) in [6.45, 7) is 0. The molecule has 0 aliphatic heterocycles. The van der Waals surface area contributed by atoms with E-state index < -0.39 is 5.91 Å². The highest BCUT2D eigenvalue weighted by Crippen LogP contribution is 2.17. The van der Waals surface area contributed by atoms with Gasteiger partial charge in [-0.05, 0) is 47.9 Å². The van der Waals surface area contributed by atoms with Crippen LogP contribution in [0.4, 0.5) is 5.69 Å². The Morgan fingerprint density at radius 3 is 2.46 bits per heavy atom. The highest BCUT2D eigenvalue weighted by Gasteiger charge is 2.15. The number of carbonyl (C=O) groups is 2. The molecule has 0 bridgehead atoms. The van der Waals surface area contributed by atoms with E-state index in [-0.39, 0.29) is 11.6 Å². The molecule has 0 aliphatic rings. The van der Waals surface area contributed by atoms with Gasteiger partial charge >= 0.3 is 0 Å². The fourth-order valence-electron chi connectivity index (χ4n) is 2.22. The lowest BCUT2D eigenvalue weighted by molar-refractivity contribution is -0.113. The molecule has 6 heteroatoms. The molecule has 0 radical (unpaired) electrons. The van der Waals surface area contributed by atoms with Crippen molar-refractivity contribution in [3.05, 3.63) is 93.3 Å². The van der Waals surface area contributed by atoms with E-state index in [2.05, 4.69) is 10.6 Å². The summed E-state index contributed by atoms with van der Waals surface area (Å²) in [6, 6.07) is 19.3. The van der Waals surface area contributed by atoms with Crippen LogP contribution in [0.25, 0.3) is 6.08 Å². The molecule has 26 heavy (non-hydrogen) atoms. The van der Waals surface area contributed by atoms with Crippen LogP contribution in [0, 0.1) is 0 Å². The van der Waals surface area contributed by atoms with Crippen molar-refractivity contribution in [2.45, 2.75) is 0 Å². The number of hydrogen-bond acceptors (Lipinski definition) is 3. The predicted octanol–water partition coefficient (Wildman–Crippen LogP) is 4.81. The molecule has 0 saturated heterocycles. The molecule has 1 aromatic heterocycles. The van der Waals surface area contributed by atoms with Gasteiger partial charge in [-0.15, -0.1) is 11.3 Å². The summed E-state index contributed by atoms with van der Waals surface area (Å²) < 4.78 is 0. The highest BCUT2D eigenvalue weighted by atomic mass is 35.5. The van der Waals surface area contributed by atoms with Gasteiger partial charge in [0.25, 0.3) is 11.8 Å². The van der Waals surface area contributed by atoms with Gasteiger partial charge in [-0.3, -0.25) is 9.59 Å². The lowest BCUT2D eigenvalue weighted by Gasteiger charge is -2.11. The van der Waals surface area contributed by atoms with E-state index in [1.165, 1.54) is 11.3 Å². The standard InChI is InChI=1S/C20H15ClN2O2S/c21-15-8-4-9-16(12-15)22-20(25)18(13-17-10-5-11-26-17)23-19(24)14-6-2-1-3-7-14/h1-13H,(H,22,25)(H,23,24)/b18-13+. The van der Waals surface area contributed by atoms with Crippen LogP contribution in [0.5, 0.6) is 0 Å². The summed E-state index contributed by atoms with van der Waals surface area (Å²) >= 11 is 7.42. The molecule has 0 unspecified atom stereocenters. The molecule has 0 spiro atoms. The number of halogens is 1. The molecule has 0 saturated carbocycles. The van der Waals surface area contributed by atoms with Crippen LogP contribution in [-0.4, -0.2) is 11.8 Å². The van der Waals surface area contributed by atoms with Crippen molar-refractivity contribution in [3.8, 4) is 0 Å². The van der Waals surface area contributed by atoms with Crippen LogP contribution in [-0.2, 0) is 4.79 Å². The first kappa shape index (κ1) is 17.9. The van der Waals surface area contributed by atoms with Crippen LogP contribution in [0.15, 0.2) is 77.8 Å². The fraction of sp³-hybridized carbons (Fsp3) is 0. The average molecular weight is 383 g/mol. The van der Waals surface area contributed by atoms with Gasteiger partial charge in [0.15, 0.2) is 0 Å². The normalized spacial score (nSPS) is 11.0. The molecule has 2 N–H and O–H groups in total. The lowest BCUT2D eigenvalue weighted by Crippen LogP contribution is -2.30. The first-order valence-electron chi connectivity index (χ1n) is 7.80. The Morgan fingerprint density at radius 2 is 1.77 bits per heavy atom. The Labute approximate surface area is 160 Å². The molecule has 2 amide bonds. The third-order valence-electron chi connectivity index (χ3n) is 3.44. The lowest BCUT2D eigenvalue weighted by atomic mass is 10.2. The molecule has 4 nitrogen and oxygen atoms in total. The summed E-state index contributed by atoms with van der Waals surface area (Å²) in [5.41, 5.74) is 1.18. The molecule has 3 aromatic rings. The van der Waals surface area contributed by atoms with Gasteiger partial charge in [-0.1, -0.05) is 41.9 Å². The highest BCUT2D eigenvalue weighted by molar-refractivity contribution is 7.10. The molecule has 0 aliphatic carbocycles. The van der Waals surface area contributed by atoms with Crippen molar-refractivity contribution >= 4 is 46.5 Å². The smallest absolute Gasteiger partial charge is 0.272 e. The zero-order valence-electron chi connectivity index (χ0n) is 13.6. The number of anilines is 1. The van der Waals surface area contributed by atoms with Gasteiger partial charge in [0.2, 0.25) is 0 Å². The van der Waals surface area contributed by atoms with Crippen molar-refractivity contribution in [3.63, 3.8) is 0 Å². The average Bonchev–Trinajstić information content (AvgIpc) is 3.15. The number of nitrogens with one attached hydrogen (secondary N) is 2. The number of thiophene rings is 1. The summed E-state index contributed by atoms with van der Waals surface area (Å²) in [4.78, 5) is 26.0. The van der Waals surface area contributed by atoms with Crippen LogP contribution in [0.1, 0.15) is 15.2 Å². The summed E-state index contributed by atoms with van der Waals surface area (Å²) in [6.07, 6.45) is 1.64. The second-order valence-electron chi connectivity index (χ2n) is 5.36. The Hall–Kier alpha value is -2.89.